The molecule has 0 aliphatic heterocycles. The van der Waals surface area contributed by atoms with Crippen molar-refractivity contribution in [2.45, 2.75) is 467 Å². The minimum Gasteiger partial charge on any atom is -0.0654 e. The van der Waals surface area contributed by atoms with Gasteiger partial charge in [-0.15, -0.1) is 0 Å². The van der Waals surface area contributed by atoms with Crippen molar-refractivity contribution in [1.82, 2.24) is 0 Å². The number of rotatable bonds is 58. The van der Waals surface area contributed by atoms with Crippen LogP contribution in [0.4, 0.5) is 0 Å². The molecule has 0 N–H and O–H groups in total. The molecule has 130 heavy (non-hydrogen) atoms. The van der Waals surface area contributed by atoms with E-state index in [9.17, 15) is 0 Å². The summed E-state index contributed by atoms with van der Waals surface area (Å²) < 4.78 is 0. The lowest BCUT2D eigenvalue weighted by Gasteiger charge is -2.32. The second-order valence-corrected chi connectivity index (χ2v) is 107. The van der Waals surface area contributed by atoms with E-state index in [0.29, 0.717) is 0 Å². The smallest absolute Gasteiger partial charge is 0.0654 e. The highest BCUT2D eigenvalue weighted by atomic mass is 28.3. The SMILES string of the molecule is CCCC[Si](C)(C)c1ccc([Si](C)(C)CCCC)c(/C=C/c2cc([Si](C)(C)CCCC)c(/C=C/c3cc([Si](C)(C)CCCC)c(/C=C/c4cc([Si](C)(C)CCCC)c(/C=C/c5cc([Si](C)(C)CCCC)c(/C=C/c6cc([Si](C)(C)CCCC)ccc6[Si](C)(C)CCCC)cc5[Si](C)(C)CCCC)cc4[Si](C)(C)CCCC)cc3[Si](C)(C)CCCC)cc2[Si](C)(C)CCCC)c1. The minimum absolute atomic E-state index is 1.24. The first kappa shape index (κ1) is 115. The van der Waals surface area contributed by atoms with Gasteiger partial charge in [0.2, 0.25) is 0 Å². The lowest BCUT2D eigenvalue weighted by molar-refractivity contribution is 0.870. The zero-order valence-electron chi connectivity index (χ0n) is 92.3. The third kappa shape index (κ3) is 32.1. The van der Waals surface area contributed by atoms with Crippen molar-refractivity contribution in [2.75, 3.05) is 0 Å². The predicted molar refractivity (Wildman–Crippen MR) is 645 cm³/mol. The van der Waals surface area contributed by atoms with Gasteiger partial charge in [-0.3, -0.25) is 0 Å². The van der Waals surface area contributed by atoms with Gasteiger partial charge < -0.3 is 0 Å². The zero-order valence-corrected chi connectivity index (χ0v) is 104. The fourth-order valence-corrected chi connectivity index (χ4v) is 56.8. The first-order valence-electron chi connectivity index (χ1n) is 54.4. The molecule has 0 spiro atoms. The second kappa shape index (κ2) is 51.5. The molecule has 0 unspecified atom stereocenters. The molecule has 0 aromatic heterocycles. The average molecular weight is 1960 g/mol. The van der Waals surface area contributed by atoms with E-state index in [1.165, 1.54) is 282 Å². The summed E-state index contributed by atoms with van der Waals surface area (Å²) in [4.78, 5) is 0. The molecule has 6 aromatic rings. The zero-order chi connectivity index (χ0) is 97.1. The Morgan fingerprint density at radius 3 is 0.369 bits per heavy atom. The van der Waals surface area contributed by atoms with Crippen LogP contribution in [0.1, 0.15) is 293 Å². The van der Waals surface area contributed by atoms with Crippen molar-refractivity contribution >= 4 is 220 Å². The summed E-state index contributed by atoms with van der Waals surface area (Å²) in [6.07, 6.45) is 57.7. The Morgan fingerprint density at radius 1 is 0.138 bits per heavy atom. The number of hydrogen-bond acceptors (Lipinski definition) is 0. The Balaban J connectivity index is 1.76. The molecular formula is C118H204Si12. The van der Waals surface area contributed by atoms with Crippen LogP contribution in [0.25, 0.3) is 60.8 Å². The fourth-order valence-electron chi connectivity index (χ4n) is 21.8. The number of hydrogen-bond donors (Lipinski definition) is 0. The van der Waals surface area contributed by atoms with Gasteiger partial charge in [0, 0.05) is 0 Å². The molecule has 0 radical (unpaired) electrons. The van der Waals surface area contributed by atoms with Gasteiger partial charge in [-0.05, 0) is 55.6 Å². The van der Waals surface area contributed by atoms with Crippen molar-refractivity contribution in [3.05, 3.63) is 141 Å². The summed E-state index contributed by atoms with van der Waals surface area (Å²) >= 11 is 0. The number of benzene rings is 6. The molecular weight excluding hydrogens is 1750 g/mol. The van der Waals surface area contributed by atoms with Crippen molar-refractivity contribution in [1.29, 1.82) is 0 Å². The Kier molecular flexibility index (Phi) is 45.7. The molecule has 0 saturated carbocycles. The minimum atomic E-state index is -2.05. The third-order valence-corrected chi connectivity index (χ3v) is 73.9. The van der Waals surface area contributed by atoms with Gasteiger partial charge in [0.1, 0.15) is 0 Å². The average Bonchev–Trinajstić information content (AvgIpc) is 0.764. The predicted octanol–water partition coefficient (Wildman–Crippen LogP) is 33.1. The Morgan fingerprint density at radius 2 is 0.246 bits per heavy atom. The van der Waals surface area contributed by atoms with E-state index < -0.39 is 96.9 Å². The first-order valence-corrected chi connectivity index (χ1v) is 92.9. The van der Waals surface area contributed by atoms with Crippen molar-refractivity contribution in [2.24, 2.45) is 0 Å². The summed E-state index contributed by atoms with van der Waals surface area (Å²) in [5, 5.41) is 20.0. The van der Waals surface area contributed by atoms with Gasteiger partial charge in [-0.1, -0.05) is 675 Å². The molecule has 0 fully saturated rings. The summed E-state index contributed by atoms with van der Waals surface area (Å²) in [5.41, 5.74) is 15.3. The Labute approximate surface area is 820 Å². The van der Waals surface area contributed by atoms with E-state index in [1.807, 2.05) is 0 Å². The molecule has 6 rings (SSSR count). The molecule has 0 heterocycles. The largest absolute Gasteiger partial charge is 0.0814 e. The summed E-state index contributed by atoms with van der Waals surface area (Å²) in [6.45, 7) is 94.2. The van der Waals surface area contributed by atoms with Crippen LogP contribution in [0.5, 0.6) is 0 Å². The van der Waals surface area contributed by atoms with Gasteiger partial charge >= 0.3 is 0 Å². The monoisotopic (exact) mass is 1960 g/mol. The van der Waals surface area contributed by atoms with Crippen LogP contribution >= 0.6 is 0 Å². The van der Waals surface area contributed by atoms with E-state index in [2.05, 4.69) is 386 Å². The molecule has 0 bridgehead atoms. The molecule has 12 heteroatoms. The van der Waals surface area contributed by atoms with Gasteiger partial charge in [0.15, 0.2) is 0 Å². The molecule has 6 aromatic carbocycles. The molecule has 0 saturated heterocycles. The van der Waals surface area contributed by atoms with E-state index in [1.54, 1.807) is 62.2 Å². The summed E-state index contributed by atoms with van der Waals surface area (Å²) in [6, 6.07) is 54.7. The molecule has 0 aliphatic carbocycles. The highest BCUT2D eigenvalue weighted by Crippen LogP contribution is 2.33. The van der Waals surface area contributed by atoms with Crippen LogP contribution in [0.2, 0.25) is 230 Å². The van der Waals surface area contributed by atoms with Crippen LogP contribution < -0.4 is 62.2 Å². The van der Waals surface area contributed by atoms with Crippen LogP contribution in [0.15, 0.2) is 84.9 Å². The second-order valence-electron chi connectivity index (χ2n) is 49.2. The summed E-state index contributed by atoms with van der Waals surface area (Å²) in [5.74, 6) is 0. The van der Waals surface area contributed by atoms with Crippen molar-refractivity contribution in [3.8, 4) is 0 Å². The molecule has 0 amide bonds. The maximum atomic E-state index is 2.86. The number of unbranched alkanes of at least 4 members (excludes halogenated alkanes) is 12. The van der Waals surface area contributed by atoms with Gasteiger partial charge in [0.05, 0.1) is 96.9 Å². The van der Waals surface area contributed by atoms with Crippen LogP contribution in [-0.2, 0) is 0 Å². The molecule has 724 valence electrons. The van der Waals surface area contributed by atoms with E-state index >= 15 is 0 Å². The van der Waals surface area contributed by atoms with Gasteiger partial charge in [-0.2, -0.15) is 0 Å². The lowest BCUT2D eigenvalue weighted by atomic mass is 10.0. The quantitative estimate of drug-likeness (QED) is 0.0264. The maximum absolute atomic E-state index is 2.86. The fraction of sp³-hybridized carbons (Fsp3) is 0.610. The van der Waals surface area contributed by atoms with E-state index in [4.69, 9.17) is 0 Å². The topological polar surface area (TPSA) is 0 Å². The van der Waals surface area contributed by atoms with Crippen LogP contribution in [0.3, 0.4) is 0 Å². The third-order valence-electron chi connectivity index (χ3n) is 31.9. The molecule has 0 nitrogen and oxygen atoms in total. The standard InChI is InChI=1S/C118H204Si12/c1-37-49-75-119(13,14)107-71-73-109(121(17,18)77-51-39-3)97(87-107)61-63-99-89-113(125(25,26)81-55-43-7)101(91-111(99)123(21,22)79-53-41-5)65-67-103-93-117(129(33,34)85-59-47-11)105(95-115(103)127(29,30)83-57-45-9)69-70-106-96-116(128(31,32)84-58-46-10)104(94-118(106)130(35,36)86-60-48-12)68-66-102-92-112(124(23,24)80-54-42-6)100(90-114(102)126(27,28)82-56-44-8)64-62-98-88-108(120(15,16)76-50-38-2)72-74-110(98)122(19,20)78-52-40-4/h61-74,87-96H,37-60,75-86H2,1-36H3/b63-61+,64-62+,67-65+,68-66+,70-69+. The van der Waals surface area contributed by atoms with Crippen molar-refractivity contribution < 1.29 is 0 Å². The van der Waals surface area contributed by atoms with Gasteiger partial charge in [0.25, 0.3) is 0 Å². The first-order chi connectivity index (χ1) is 60.9. The highest BCUT2D eigenvalue weighted by molar-refractivity contribution is 6.97. The van der Waals surface area contributed by atoms with E-state index in [-0.39, 0.29) is 0 Å². The van der Waals surface area contributed by atoms with Crippen molar-refractivity contribution in [3.63, 3.8) is 0 Å². The Hall–Kier alpha value is -3.38. The maximum Gasteiger partial charge on any atom is 0.0814 e. The van der Waals surface area contributed by atoms with Crippen LogP contribution in [-0.4, -0.2) is 96.9 Å². The highest BCUT2D eigenvalue weighted by Gasteiger charge is 2.39. The summed E-state index contributed by atoms with van der Waals surface area (Å²) in [7, 11) is -22.8. The van der Waals surface area contributed by atoms with Crippen LogP contribution in [0, 0.1) is 0 Å². The van der Waals surface area contributed by atoms with E-state index in [0.717, 1.165) is 0 Å². The molecule has 0 aliphatic rings. The molecule has 0 atom stereocenters. The Bertz CT molecular complexity index is 4390. The normalized spacial score (nSPS) is 13.7. The van der Waals surface area contributed by atoms with Gasteiger partial charge in [-0.25, -0.2) is 0 Å². The lowest BCUT2D eigenvalue weighted by Crippen LogP contribution is -2.49.